The maximum atomic E-state index is 5.77. The number of guanidine groups is 1. The predicted octanol–water partition coefficient (Wildman–Crippen LogP) is 2.62. The zero-order chi connectivity index (χ0) is 22.6. The number of aliphatic imine (C=N–C) groups is 1. The van der Waals surface area contributed by atoms with Crippen LogP contribution in [0.1, 0.15) is 30.5 Å². The van der Waals surface area contributed by atoms with Crippen LogP contribution in [0.5, 0.6) is 11.6 Å². The molecule has 0 saturated carbocycles. The van der Waals surface area contributed by atoms with E-state index in [2.05, 4.69) is 44.6 Å². The average Bonchev–Trinajstić information content (AvgIpc) is 2.86. The Hall–Kier alpha value is -2.84. The fourth-order valence-electron chi connectivity index (χ4n) is 3.65. The third kappa shape index (κ3) is 6.83. The molecule has 1 saturated heterocycles. The minimum absolute atomic E-state index is 0.199. The molecule has 2 N–H and O–H groups in total. The van der Waals surface area contributed by atoms with Gasteiger partial charge in [-0.25, -0.2) is 4.98 Å². The van der Waals surface area contributed by atoms with Gasteiger partial charge >= 0.3 is 0 Å². The molecule has 8 nitrogen and oxygen atoms in total. The fraction of sp³-hybridized carbons (Fsp3) is 0.500. The van der Waals surface area contributed by atoms with Crippen molar-refractivity contribution in [3.05, 3.63) is 53.7 Å². The zero-order valence-electron chi connectivity index (χ0n) is 19.3. The van der Waals surface area contributed by atoms with E-state index >= 15 is 0 Å². The Morgan fingerprint density at radius 2 is 1.97 bits per heavy atom. The van der Waals surface area contributed by atoms with Crippen molar-refractivity contribution in [1.82, 2.24) is 20.5 Å². The van der Waals surface area contributed by atoms with Crippen molar-refractivity contribution in [1.29, 1.82) is 0 Å². The number of nitrogens with one attached hydrogen (secondary N) is 2. The number of aromatic nitrogens is 1. The highest BCUT2D eigenvalue weighted by Gasteiger charge is 2.23. The summed E-state index contributed by atoms with van der Waals surface area (Å²) in [5.41, 5.74) is 2.24. The number of hydrogen-bond acceptors (Lipinski definition) is 6. The molecule has 3 rings (SSSR count). The summed E-state index contributed by atoms with van der Waals surface area (Å²) in [7, 11) is 3.47. The molecular formula is C24H35N5O3. The van der Waals surface area contributed by atoms with E-state index in [0.717, 1.165) is 56.5 Å². The lowest BCUT2D eigenvalue weighted by Gasteiger charge is -2.35. The summed E-state index contributed by atoms with van der Waals surface area (Å²) in [5, 5.41) is 6.88. The van der Waals surface area contributed by atoms with Gasteiger partial charge in [0.25, 0.3) is 0 Å². The van der Waals surface area contributed by atoms with Crippen molar-refractivity contribution in [2.45, 2.75) is 25.9 Å². The molecule has 1 aromatic carbocycles. The van der Waals surface area contributed by atoms with Gasteiger partial charge in [0, 0.05) is 45.0 Å². The Bertz CT molecular complexity index is 838. The quantitative estimate of drug-likeness (QED) is 0.433. The summed E-state index contributed by atoms with van der Waals surface area (Å²) >= 11 is 0. The van der Waals surface area contributed by atoms with Crippen LogP contribution in [0, 0.1) is 0 Å². The highest BCUT2D eigenvalue weighted by Crippen LogP contribution is 2.23. The monoisotopic (exact) mass is 441 g/mol. The van der Waals surface area contributed by atoms with Crippen LogP contribution in [-0.2, 0) is 11.3 Å². The molecule has 1 aliphatic heterocycles. The molecule has 0 aliphatic carbocycles. The molecule has 1 unspecified atom stereocenters. The molecule has 2 aromatic rings. The minimum Gasteiger partial charge on any atom is -0.497 e. The summed E-state index contributed by atoms with van der Waals surface area (Å²) < 4.78 is 16.7. The van der Waals surface area contributed by atoms with E-state index in [1.165, 1.54) is 5.56 Å². The molecule has 2 heterocycles. The Kier molecular flexibility index (Phi) is 9.59. The Labute approximate surface area is 191 Å². The topological polar surface area (TPSA) is 80.2 Å². The zero-order valence-corrected chi connectivity index (χ0v) is 19.3. The maximum absolute atomic E-state index is 5.77. The number of pyridine rings is 1. The van der Waals surface area contributed by atoms with Crippen molar-refractivity contribution in [2.75, 3.05) is 53.6 Å². The lowest BCUT2D eigenvalue weighted by atomic mass is 10.0. The molecule has 1 atom stereocenters. The third-order valence-electron chi connectivity index (χ3n) is 5.41. The first kappa shape index (κ1) is 23.8. The summed E-state index contributed by atoms with van der Waals surface area (Å²) in [6, 6.07) is 12.4. The molecule has 174 valence electrons. The van der Waals surface area contributed by atoms with Crippen molar-refractivity contribution in [3.8, 4) is 11.6 Å². The molecule has 1 aromatic heterocycles. The van der Waals surface area contributed by atoms with Gasteiger partial charge in [-0.3, -0.25) is 9.89 Å². The number of methoxy groups -OCH3 is 1. The van der Waals surface area contributed by atoms with Crippen molar-refractivity contribution >= 4 is 5.96 Å². The predicted molar refractivity (Wildman–Crippen MR) is 126 cm³/mol. The minimum atomic E-state index is 0.199. The van der Waals surface area contributed by atoms with Crippen LogP contribution in [0.25, 0.3) is 0 Å². The molecule has 32 heavy (non-hydrogen) atoms. The summed E-state index contributed by atoms with van der Waals surface area (Å²) in [4.78, 5) is 11.2. The highest BCUT2D eigenvalue weighted by molar-refractivity contribution is 5.79. The van der Waals surface area contributed by atoms with E-state index < -0.39 is 0 Å². The standard InChI is InChI=1S/C24H35N5O3/c1-4-14-32-23-20(6-5-11-26-23)17-27-24(25-2)28-18-22(29-12-15-31-16-13-29)19-7-9-21(30-3)10-8-19/h5-11,22H,4,12-18H2,1-3H3,(H2,25,27,28). The van der Waals surface area contributed by atoms with Crippen molar-refractivity contribution in [3.63, 3.8) is 0 Å². The maximum Gasteiger partial charge on any atom is 0.218 e. The number of hydrogen-bond donors (Lipinski definition) is 2. The van der Waals surface area contributed by atoms with Gasteiger partial charge in [-0.1, -0.05) is 25.1 Å². The largest absolute Gasteiger partial charge is 0.497 e. The molecule has 1 aliphatic rings. The van der Waals surface area contributed by atoms with Crippen molar-refractivity contribution < 1.29 is 14.2 Å². The van der Waals surface area contributed by atoms with Crippen molar-refractivity contribution in [2.24, 2.45) is 4.99 Å². The van der Waals surface area contributed by atoms with Gasteiger partial charge in [0.05, 0.1) is 33.0 Å². The second-order valence-electron chi connectivity index (χ2n) is 7.56. The molecular weight excluding hydrogens is 406 g/mol. The number of morpholine rings is 1. The molecule has 0 amide bonds. The van der Waals surface area contributed by atoms with Gasteiger partial charge in [-0.2, -0.15) is 0 Å². The van der Waals surface area contributed by atoms with Crippen LogP contribution in [0.15, 0.2) is 47.6 Å². The van der Waals surface area contributed by atoms with Crippen LogP contribution in [0.3, 0.4) is 0 Å². The summed E-state index contributed by atoms with van der Waals surface area (Å²) in [5.74, 6) is 2.27. The normalized spacial score (nSPS) is 15.8. The first-order chi connectivity index (χ1) is 15.7. The van der Waals surface area contributed by atoms with Crippen LogP contribution in [-0.4, -0.2) is 69.5 Å². The smallest absolute Gasteiger partial charge is 0.218 e. The highest BCUT2D eigenvalue weighted by atomic mass is 16.5. The summed E-state index contributed by atoms with van der Waals surface area (Å²) in [6.07, 6.45) is 2.70. The Balaban J connectivity index is 1.63. The number of rotatable bonds is 10. The van der Waals surface area contributed by atoms with Gasteiger partial charge in [0.1, 0.15) is 5.75 Å². The number of benzene rings is 1. The number of ether oxygens (including phenoxy) is 3. The number of nitrogens with zero attached hydrogens (tertiary/aromatic N) is 3. The van der Waals surface area contributed by atoms with E-state index in [1.54, 1.807) is 20.4 Å². The summed E-state index contributed by atoms with van der Waals surface area (Å²) in [6.45, 7) is 7.34. The van der Waals surface area contributed by atoms with E-state index in [0.29, 0.717) is 19.0 Å². The van der Waals surface area contributed by atoms with Crippen LogP contribution in [0.4, 0.5) is 0 Å². The molecule has 0 radical (unpaired) electrons. The third-order valence-corrected chi connectivity index (χ3v) is 5.41. The van der Waals surface area contributed by atoms with Gasteiger partial charge in [0.15, 0.2) is 5.96 Å². The van der Waals surface area contributed by atoms with E-state index in [-0.39, 0.29) is 6.04 Å². The Morgan fingerprint density at radius 1 is 1.19 bits per heavy atom. The average molecular weight is 442 g/mol. The molecule has 1 fully saturated rings. The van der Waals surface area contributed by atoms with E-state index in [9.17, 15) is 0 Å². The first-order valence-corrected chi connectivity index (χ1v) is 11.2. The molecule has 0 spiro atoms. The van der Waals surface area contributed by atoms with Gasteiger partial charge < -0.3 is 24.8 Å². The molecule has 8 heteroatoms. The van der Waals surface area contributed by atoms with Gasteiger partial charge in [-0.05, 0) is 30.2 Å². The fourth-order valence-corrected chi connectivity index (χ4v) is 3.65. The second-order valence-corrected chi connectivity index (χ2v) is 7.56. The van der Waals surface area contributed by atoms with Crippen LogP contribution >= 0.6 is 0 Å². The second kappa shape index (κ2) is 12.9. The van der Waals surface area contributed by atoms with Gasteiger partial charge in [-0.15, -0.1) is 0 Å². The first-order valence-electron chi connectivity index (χ1n) is 11.2. The molecule has 0 bridgehead atoms. The lowest BCUT2D eigenvalue weighted by Crippen LogP contribution is -2.46. The van der Waals surface area contributed by atoms with Crippen LogP contribution in [0.2, 0.25) is 0 Å². The van der Waals surface area contributed by atoms with Gasteiger partial charge in [0.2, 0.25) is 5.88 Å². The van der Waals surface area contributed by atoms with E-state index in [4.69, 9.17) is 14.2 Å². The lowest BCUT2D eigenvalue weighted by molar-refractivity contribution is 0.0170. The SMILES string of the molecule is CCCOc1ncccc1CNC(=NC)NCC(c1ccc(OC)cc1)N1CCOCC1. The van der Waals surface area contributed by atoms with E-state index in [1.807, 2.05) is 24.3 Å². The van der Waals surface area contributed by atoms with Crippen LogP contribution < -0.4 is 20.1 Å². The Morgan fingerprint density at radius 3 is 2.66 bits per heavy atom.